The molecule has 2 saturated carbocycles. The maximum Gasteiger partial charge on any atom is 0.331 e. The summed E-state index contributed by atoms with van der Waals surface area (Å²) >= 11 is 0. The first-order chi connectivity index (χ1) is 17.5. The van der Waals surface area contributed by atoms with Crippen molar-refractivity contribution in [3.8, 4) is 0 Å². The van der Waals surface area contributed by atoms with Gasteiger partial charge in [0.1, 0.15) is 6.10 Å². The van der Waals surface area contributed by atoms with E-state index >= 15 is 0 Å². The van der Waals surface area contributed by atoms with Crippen molar-refractivity contribution < 1.29 is 29.3 Å². The topological polar surface area (TPSA) is 101 Å². The number of ether oxygens (including phenoxy) is 1. The maximum atomic E-state index is 12.8. The maximum absolute atomic E-state index is 12.8. The molecule has 8 atom stereocenters. The number of esters is 1. The van der Waals surface area contributed by atoms with Gasteiger partial charge in [0.15, 0.2) is 5.78 Å². The van der Waals surface area contributed by atoms with Gasteiger partial charge in [-0.1, -0.05) is 53.7 Å². The fourth-order valence-corrected chi connectivity index (χ4v) is 9.10. The fraction of sp³-hybridized carbons (Fsp3) is 0.719. The molecule has 4 rings (SSSR count). The van der Waals surface area contributed by atoms with E-state index in [0.717, 1.165) is 25.7 Å². The van der Waals surface area contributed by atoms with Gasteiger partial charge in [-0.15, -0.1) is 0 Å². The summed E-state index contributed by atoms with van der Waals surface area (Å²) in [6, 6.07) is 0. The van der Waals surface area contributed by atoms with Crippen molar-refractivity contribution >= 4 is 17.7 Å². The van der Waals surface area contributed by atoms with Crippen molar-refractivity contribution in [1.82, 2.24) is 0 Å². The van der Waals surface area contributed by atoms with E-state index in [2.05, 4.69) is 53.7 Å². The van der Waals surface area contributed by atoms with Gasteiger partial charge < -0.3 is 14.9 Å². The second kappa shape index (κ2) is 9.46. The minimum absolute atomic E-state index is 0.00327. The molecule has 0 spiro atoms. The molecule has 0 aliphatic heterocycles. The highest BCUT2D eigenvalue weighted by Gasteiger charge is 2.67. The second-order valence-corrected chi connectivity index (χ2v) is 13.9. The quantitative estimate of drug-likeness (QED) is 0.323. The predicted octanol–water partition coefficient (Wildman–Crippen LogP) is 6.04. The molecule has 0 heterocycles. The van der Waals surface area contributed by atoms with Crippen LogP contribution in [0, 0.1) is 39.4 Å². The van der Waals surface area contributed by atoms with Gasteiger partial charge in [0.2, 0.25) is 0 Å². The Morgan fingerprint density at radius 1 is 1.11 bits per heavy atom. The van der Waals surface area contributed by atoms with Crippen LogP contribution < -0.4 is 0 Å². The zero-order chi connectivity index (χ0) is 28.4. The van der Waals surface area contributed by atoms with Gasteiger partial charge in [0.25, 0.3) is 0 Å². The van der Waals surface area contributed by atoms with E-state index in [1.54, 1.807) is 0 Å². The molecule has 6 heteroatoms. The Morgan fingerprint density at radius 2 is 1.76 bits per heavy atom. The van der Waals surface area contributed by atoms with E-state index in [9.17, 15) is 24.6 Å². The molecule has 0 aromatic carbocycles. The van der Waals surface area contributed by atoms with Crippen molar-refractivity contribution in [2.75, 3.05) is 0 Å². The van der Waals surface area contributed by atoms with E-state index in [4.69, 9.17) is 4.74 Å². The molecule has 0 aromatic rings. The van der Waals surface area contributed by atoms with Gasteiger partial charge in [0, 0.05) is 24.3 Å². The number of rotatable bonds is 6. The van der Waals surface area contributed by atoms with Crippen LogP contribution in [0.15, 0.2) is 34.9 Å². The summed E-state index contributed by atoms with van der Waals surface area (Å²) in [5.74, 6) is -1.11. The average Bonchev–Trinajstić information content (AvgIpc) is 3.03. The average molecular weight is 527 g/mol. The molecule has 0 radical (unpaired) electrons. The third-order valence-corrected chi connectivity index (χ3v) is 11.6. The van der Waals surface area contributed by atoms with Gasteiger partial charge in [-0.3, -0.25) is 9.59 Å². The normalized spacial score (nSPS) is 40.6. The SMILES string of the molecule is CC(=O)O[C@H]1C[C@H]([C@H](C)CC(=O)/C=C(\C)C(=O)O)[C@@]2(C)CC=C3C(=CC[C@@H]4C(C)(C)[C@H](O)CC[C@]34C)[C@]12C. The number of carbonyl (C=O) groups is 3. The standard InChI is InChI=1S/C32H46O6/c1-18(15-21(34)16-19(2)28(36)37)24-17-27(38-20(3)33)32(8)23-9-10-25-29(4,5)26(35)12-13-30(25,6)22(23)11-14-31(24,32)7/h9,11,16,18,24-27,35H,10,12-15,17H2,1-8H3,(H,36,37)/b19-16+/t18-,24-,25-,26-,27+,30-,31-,32-/m1/s1. The van der Waals surface area contributed by atoms with Gasteiger partial charge >= 0.3 is 11.9 Å². The summed E-state index contributed by atoms with van der Waals surface area (Å²) in [5.41, 5.74) is 1.79. The third-order valence-electron chi connectivity index (χ3n) is 11.6. The van der Waals surface area contributed by atoms with Crippen LogP contribution in [-0.4, -0.2) is 40.1 Å². The number of aliphatic hydroxyl groups excluding tert-OH is 1. The van der Waals surface area contributed by atoms with Crippen molar-refractivity contribution in [1.29, 1.82) is 0 Å². The molecule has 0 saturated heterocycles. The number of hydrogen-bond donors (Lipinski definition) is 2. The molecular weight excluding hydrogens is 480 g/mol. The van der Waals surface area contributed by atoms with E-state index in [1.807, 2.05) is 0 Å². The number of carbonyl (C=O) groups excluding carboxylic acids is 2. The number of fused-ring (bicyclic) bond motifs is 5. The fourth-order valence-electron chi connectivity index (χ4n) is 9.10. The van der Waals surface area contributed by atoms with E-state index < -0.39 is 11.4 Å². The molecule has 4 aliphatic rings. The van der Waals surface area contributed by atoms with Crippen LogP contribution >= 0.6 is 0 Å². The zero-order valence-electron chi connectivity index (χ0n) is 24.4. The number of aliphatic hydroxyl groups is 1. The van der Waals surface area contributed by atoms with E-state index in [-0.39, 0.29) is 64.0 Å². The van der Waals surface area contributed by atoms with Crippen LogP contribution in [0.3, 0.4) is 0 Å². The van der Waals surface area contributed by atoms with Gasteiger partial charge in [-0.2, -0.15) is 0 Å². The van der Waals surface area contributed by atoms with Crippen molar-refractivity contribution in [2.24, 2.45) is 39.4 Å². The monoisotopic (exact) mass is 526 g/mol. The molecule has 2 N–H and O–H groups in total. The Kier molecular flexibility index (Phi) is 7.17. The number of aliphatic carboxylic acids is 1. The Morgan fingerprint density at radius 3 is 2.37 bits per heavy atom. The molecule has 0 aromatic heterocycles. The highest BCUT2D eigenvalue weighted by molar-refractivity contribution is 5.98. The number of carboxylic acid groups (broad SMARTS) is 1. The van der Waals surface area contributed by atoms with Crippen LogP contribution in [0.5, 0.6) is 0 Å². The van der Waals surface area contributed by atoms with Gasteiger partial charge in [-0.25, -0.2) is 4.79 Å². The largest absolute Gasteiger partial charge is 0.478 e. The van der Waals surface area contributed by atoms with Crippen LogP contribution in [0.4, 0.5) is 0 Å². The summed E-state index contributed by atoms with van der Waals surface area (Å²) in [7, 11) is 0. The summed E-state index contributed by atoms with van der Waals surface area (Å²) in [6.07, 6.45) is 9.74. The smallest absolute Gasteiger partial charge is 0.331 e. The molecule has 4 aliphatic carbocycles. The second-order valence-electron chi connectivity index (χ2n) is 13.9. The van der Waals surface area contributed by atoms with Crippen LogP contribution in [0.25, 0.3) is 0 Å². The minimum atomic E-state index is -1.08. The molecule has 0 amide bonds. The lowest BCUT2D eigenvalue weighted by atomic mass is 9.44. The van der Waals surface area contributed by atoms with Crippen LogP contribution in [-0.2, 0) is 19.1 Å². The third kappa shape index (κ3) is 4.13. The van der Waals surface area contributed by atoms with Crippen molar-refractivity contribution in [3.05, 3.63) is 34.9 Å². The zero-order valence-corrected chi connectivity index (χ0v) is 24.4. The first-order valence-electron chi connectivity index (χ1n) is 14.2. The van der Waals surface area contributed by atoms with Crippen molar-refractivity contribution in [3.63, 3.8) is 0 Å². The summed E-state index contributed by atoms with van der Waals surface area (Å²) < 4.78 is 6.08. The first-order valence-corrected chi connectivity index (χ1v) is 14.2. The Labute approximate surface area is 227 Å². The molecule has 2 fully saturated rings. The lowest BCUT2D eigenvalue weighted by Crippen LogP contribution is -2.56. The Balaban J connectivity index is 1.75. The van der Waals surface area contributed by atoms with Gasteiger partial charge in [-0.05, 0) is 90.2 Å². The number of allylic oxidation sites excluding steroid dienone is 4. The van der Waals surface area contributed by atoms with Crippen molar-refractivity contribution in [2.45, 2.75) is 106 Å². The molecule has 210 valence electrons. The number of ketones is 1. The molecule has 0 bridgehead atoms. The Hall–Kier alpha value is -2.21. The van der Waals surface area contributed by atoms with E-state index in [1.165, 1.54) is 31.1 Å². The molecule has 38 heavy (non-hydrogen) atoms. The molecule has 6 nitrogen and oxygen atoms in total. The highest BCUT2D eigenvalue weighted by atomic mass is 16.5. The molecular formula is C32H46O6. The first kappa shape index (κ1) is 28.8. The number of hydrogen-bond acceptors (Lipinski definition) is 5. The van der Waals surface area contributed by atoms with Gasteiger partial charge in [0.05, 0.1) is 6.10 Å². The molecule has 0 unspecified atom stereocenters. The Bertz CT molecular complexity index is 1130. The van der Waals surface area contributed by atoms with E-state index in [0.29, 0.717) is 12.3 Å². The van der Waals surface area contributed by atoms with Crippen LogP contribution in [0.2, 0.25) is 0 Å². The summed E-state index contributed by atoms with van der Waals surface area (Å²) in [6.45, 7) is 16.3. The summed E-state index contributed by atoms with van der Waals surface area (Å²) in [4.78, 5) is 36.3. The summed E-state index contributed by atoms with van der Waals surface area (Å²) in [5, 5.41) is 20.0. The lowest BCUT2D eigenvalue weighted by Gasteiger charge is -2.61. The van der Waals surface area contributed by atoms with Crippen LogP contribution in [0.1, 0.15) is 93.9 Å². The number of carboxylic acids is 1. The predicted molar refractivity (Wildman–Crippen MR) is 146 cm³/mol. The highest BCUT2D eigenvalue weighted by Crippen LogP contribution is 2.72. The minimum Gasteiger partial charge on any atom is -0.478 e. The lowest BCUT2D eigenvalue weighted by molar-refractivity contribution is -0.152.